The molecule has 2 aromatic rings. The van der Waals surface area contributed by atoms with Gasteiger partial charge in [-0.1, -0.05) is 22.9 Å². The number of anilines is 1. The van der Waals surface area contributed by atoms with Crippen molar-refractivity contribution < 1.29 is 9.53 Å². The zero-order valence-corrected chi connectivity index (χ0v) is 11.9. The van der Waals surface area contributed by atoms with E-state index in [2.05, 4.69) is 19.7 Å². The maximum absolute atomic E-state index is 11.4. The summed E-state index contributed by atoms with van der Waals surface area (Å²) in [6, 6.07) is 1.17. The van der Waals surface area contributed by atoms with Crippen molar-refractivity contribution in [2.45, 2.75) is 9.50 Å². The van der Waals surface area contributed by atoms with Crippen LogP contribution in [-0.2, 0) is 4.74 Å². The summed E-state index contributed by atoms with van der Waals surface area (Å²) in [4.78, 5) is 33.2. The van der Waals surface area contributed by atoms with Crippen LogP contribution in [-0.4, -0.2) is 28.0 Å². The van der Waals surface area contributed by atoms with Crippen LogP contribution in [0.1, 0.15) is 9.67 Å². The molecule has 2 rings (SSSR count). The van der Waals surface area contributed by atoms with Gasteiger partial charge in [0.25, 0.3) is 5.56 Å². The Bertz CT molecular complexity index is 684. The summed E-state index contributed by atoms with van der Waals surface area (Å²) >= 11 is 7.90. The van der Waals surface area contributed by atoms with E-state index in [9.17, 15) is 9.59 Å². The van der Waals surface area contributed by atoms with Gasteiger partial charge < -0.3 is 15.5 Å². The van der Waals surface area contributed by atoms with Gasteiger partial charge in [0, 0.05) is 6.07 Å². The number of nitrogens with two attached hydrogens (primary N) is 1. The monoisotopic (exact) mass is 318 g/mol. The van der Waals surface area contributed by atoms with Gasteiger partial charge in [-0.25, -0.2) is 14.8 Å². The molecule has 0 bridgehead atoms. The van der Waals surface area contributed by atoms with E-state index in [-0.39, 0.29) is 26.6 Å². The second kappa shape index (κ2) is 5.59. The summed E-state index contributed by atoms with van der Waals surface area (Å²) in [6.07, 6.45) is 0. The van der Waals surface area contributed by atoms with Gasteiger partial charge in [0.15, 0.2) is 19.5 Å². The summed E-state index contributed by atoms with van der Waals surface area (Å²) < 4.78 is 5.01. The smallest absolute Gasteiger partial charge is 0.351 e. The molecule has 100 valence electrons. The van der Waals surface area contributed by atoms with Gasteiger partial charge in [0.1, 0.15) is 5.82 Å². The van der Waals surface area contributed by atoms with Crippen molar-refractivity contribution in [1.29, 1.82) is 0 Å². The SMILES string of the molecule is COC(=O)c1sc(Sc2nc(N)cc(=O)[nH]2)nc1Cl. The van der Waals surface area contributed by atoms with Crippen molar-refractivity contribution in [2.75, 3.05) is 12.8 Å². The van der Waals surface area contributed by atoms with Crippen LogP contribution in [0, 0.1) is 0 Å². The molecule has 0 aliphatic heterocycles. The van der Waals surface area contributed by atoms with Crippen LogP contribution in [0.3, 0.4) is 0 Å². The Balaban J connectivity index is 2.29. The van der Waals surface area contributed by atoms with Crippen LogP contribution in [0.4, 0.5) is 5.82 Å². The summed E-state index contributed by atoms with van der Waals surface area (Å²) in [6.45, 7) is 0. The van der Waals surface area contributed by atoms with Gasteiger partial charge in [-0.2, -0.15) is 0 Å². The molecule has 0 aromatic carbocycles. The highest BCUT2D eigenvalue weighted by Crippen LogP contribution is 2.33. The number of thiazole rings is 1. The van der Waals surface area contributed by atoms with Gasteiger partial charge in [0.2, 0.25) is 0 Å². The van der Waals surface area contributed by atoms with Gasteiger partial charge in [0.05, 0.1) is 7.11 Å². The van der Waals surface area contributed by atoms with Crippen molar-refractivity contribution in [3.63, 3.8) is 0 Å². The van der Waals surface area contributed by atoms with Crippen LogP contribution in [0.2, 0.25) is 5.15 Å². The molecule has 0 aliphatic rings. The zero-order valence-electron chi connectivity index (χ0n) is 9.47. The molecule has 0 aliphatic carbocycles. The maximum atomic E-state index is 11.4. The van der Waals surface area contributed by atoms with E-state index in [1.54, 1.807) is 0 Å². The largest absolute Gasteiger partial charge is 0.465 e. The number of H-pyrrole nitrogens is 1. The van der Waals surface area contributed by atoms with E-state index < -0.39 is 5.97 Å². The molecule has 0 saturated heterocycles. The van der Waals surface area contributed by atoms with Gasteiger partial charge in [-0.05, 0) is 11.8 Å². The quantitative estimate of drug-likeness (QED) is 0.650. The van der Waals surface area contributed by atoms with Crippen LogP contribution in [0.15, 0.2) is 20.4 Å². The molecule has 2 aromatic heterocycles. The first-order valence-corrected chi connectivity index (χ1v) is 6.80. The molecule has 10 heteroatoms. The van der Waals surface area contributed by atoms with Crippen molar-refractivity contribution in [3.05, 3.63) is 26.5 Å². The first-order chi connectivity index (χ1) is 8.99. The second-order valence-electron chi connectivity index (χ2n) is 3.17. The number of aromatic amines is 1. The Morgan fingerprint density at radius 1 is 1.58 bits per heavy atom. The molecular weight excluding hydrogens is 312 g/mol. The standard InChI is InChI=1S/C9H7ClN4O3S2/c1-17-7(16)5-6(10)14-9(18-5)19-8-12-3(11)2-4(15)13-8/h2H,1H3,(H3,11,12,13,15). The number of halogens is 1. The molecule has 0 unspecified atom stereocenters. The number of hydrogen-bond donors (Lipinski definition) is 2. The average molecular weight is 319 g/mol. The molecule has 0 radical (unpaired) electrons. The maximum Gasteiger partial charge on any atom is 0.351 e. The van der Waals surface area contributed by atoms with Crippen LogP contribution in [0.25, 0.3) is 0 Å². The minimum Gasteiger partial charge on any atom is -0.465 e. The van der Waals surface area contributed by atoms with Gasteiger partial charge in [-0.3, -0.25) is 4.79 Å². The highest BCUT2D eigenvalue weighted by Gasteiger charge is 2.18. The summed E-state index contributed by atoms with van der Waals surface area (Å²) in [5, 5.41) is 0.317. The van der Waals surface area contributed by atoms with E-state index in [4.69, 9.17) is 17.3 Å². The molecule has 7 nitrogen and oxygen atoms in total. The number of methoxy groups -OCH3 is 1. The molecule has 0 fully saturated rings. The normalized spacial score (nSPS) is 10.4. The van der Waals surface area contributed by atoms with Crippen molar-refractivity contribution >= 4 is 46.5 Å². The van der Waals surface area contributed by atoms with Crippen LogP contribution >= 0.6 is 34.7 Å². The Morgan fingerprint density at radius 3 is 2.95 bits per heavy atom. The molecule has 3 N–H and O–H groups in total. The predicted molar refractivity (Wildman–Crippen MR) is 71.9 cm³/mol. The highest BCUT2D eigenvalue weighted by atomic mass is 35.5. The van der Waals surface area contributed by atoms with Crippen molar-refractivity contribution in [1.82, 2.24) is 15.0 Å². The number of carbonyl (C=O) groups is 1. The van der Waals surface area contributed by atoms with Crippen LogP contribution in [0.5, 0.6) is 0 Å². The summed E-state index contributed by atoms with van der Waals surface area (Å²) in [7, 11) is 1.25. The fourth-order valence-corrected chi connectivity index (χ4v) is 3.37. The van der Waals surface area contributed by atoms with E-state index in [0.29, 0.717) is 4.34 Å². The lowest BCUT2D eigenvalue weighted by atomic mass is 10.6. The Labute approximate surface area is 120 Å². The molecule has 0 atom stereocenters. The number of nitrogen functional groups attached to an aromatic ring is 1. The van der Waals surface area contributed by atoms with Crippen LogP contribution < -0.4 is 11.3 Å². The minimum atomic E-state index is -0.566. The molecule has 0 saturated carbocycles. The lowest BCUT2D eigenvalue weighted by Crippen LogP contribution is -2.09. The highest BCUT2D eigenvalue weighted by molar-refractivity contribution is 8.00. The number of nitrogens with zero attached hydrogens (tertiary/aromatic N) is 2. The minimum absolute atomic E-state index is 0.0469. The lowest BCUT2D eigenvalue weighted by molar-refractivity contribution is 0.0606. The first kappa shape index (κ1) is 13.8. The number of nitrogens with one attached hydrogen (secondary N) is 1. The van der Waals surface area contributed by atoms with Crippen molar-refractivity contribution in [3.8, 4) is 0 Å². The summed E-state index contributed by atoms with van der Waals surface area (Å²) in [5.74, 6) is -0.467. The zero-order chi connectivity index (χ0) is 14.0. The third-order valence-corrected chi connectivity index (χ3v) is 4.23. The number of hydrogen-bond acceptors (Lipinski definition) is 8. The number of esters is 1. The number of ether oxygens (including phenoxy) is 1. The van der Waals surface area contributed by atoms with Gasteiger partial charge >= 0.3 is 5.97 Å². The lowest BCUT2D eigenvalue weighted by Gasteiger charge is -1.97. The molecule has 0 amide bonds. The number of rotatable bonds is 3. The molecule has 0 spiro atoms. The van der Waals surface area contributed by atoms with E-state index in [1.165, 1.54) is 13.2 Å². The number of aromatic nitrogens is 3. The topological polar surface area (TPSA) is 111 Å². The average Bonchev–Trinajstić information content (AvgIpc) is 2.68. The fraction of sp³-hybridized carbons (Fsp3) is 0.111. The Morgan fingerprint density at radius 2 is 2.32 bits per heavy atom. The molecule has 2 heterocycles. The first-order valence-electron chi connectivity index (χ1n) is 4.79. The van der Waals surface area contributed by atoms with Gasteiger partial charge in [-0.15, -0.1) is 0 Å². The van der Waals surface area contributed by atoms with Crippen molar-refractivity contribution in [2.24, 2.45) is 0 Å². The molecular formula is C9H7ClN4O3S2. The summed E-state index contributed by atoms with van der Waals surface area (Å²) in [5.41, 5.74) is 5.09. The Kier molecular flexibility index (Phi) is 4.08. The third kappa shape index (κ3) is 3.25. The molecule has 19 heavy (non-hydrogen) atoms. The fourth-order valence-electron chi connectivity index (χ4n) is 1.13. The number of carbonyl (C=O) groups excluding carboxylic acids is 1. The van der Waals surface area contributed by atoms with E-state index in [1.807, 2.05) is 0 Å². The van der Waals surface area contributed by atoms with E-state index >= 15 is 0 Å². The second-order valence-corrected chi connectivity index (χ2v) is 5.76. The van der Waals surface area contributed by atoms with E-state index in [0.717, 1.165) is 23.1 Å². The predicted octanol–water partition coefficient (Wildman–Crippen LogP) is 1.40. The third-order valence-electron chi connectivity index (χ3n) is 1.86. The Hall–Kier alpha value is -1.58.